The quantitative estimate of drug-likeness (QED) is 0.174. The van der Waals surface area contributed by atoms with E-state index in [9.17, 15) is 0 Å². The van der Waals surface area contributed by atoms with Crippen molar-refractivity contribution in [2.45, 2.75) is 9.79 Å². The van der Waals surface area contributed by atoms with Crippen molar-refractivity contribution in [3.8, 4) is 11.1 Å². The van der Waals surface area contributed by atoms with Crippen LogP contribution in [0.4, 0.5) is 34.1 Å². The molecule has 0 saturated carbocycles. The zero-order valence-corrected chi connectivity index (χ0v) is 28.6. The highest BCUT2D eigenvalue weighted by atomic mass is 32.2. The molecular formula is C48H32N2S. The Hall–Kier alpha value is -6.29. The van der Waals surface area contributed by atoms with Crippen LogP contribution in [0.25, 0.3) is 43.4 Å². The summed E-state index contributed by atoms with van der Waals surface area (Å²) in [4.78, 5) is 7.31. The van der Waals surface area contributed by atoms with Crippen LogP contribution in [0.15, 0.2) is 204 Å². The molecule has 1 aliphatic heterocycles. The summed E-state index contributed by atoms with van der Waals surface area (Å²) in [5.41, 5.74) is 9.40. The Morgan fingerprint density at radius 1 is 0.314 bits per heavy atom. The van der Waals surface area contributed by atoms with Crippen LogP contribution in [-0.4, -0.2) is 0 Å². The van der Waals surface area contributed by atoms with Gasteiger partial charge in [-0.05, 0) is 105 Å². The van der Waals surface area contributed by atoms with Gasteiger partial charge in [0, 0.05) is 49.0 Å². The summed E-state index contributed by atoms with van der Waals surface area (Å²) in [6.45, 7) is 0. The Bertz CT molecular complexity index is 2740. The number of hydrogen-bond donors (Lipinski definition) is 0. The molecule has 10 rings (SSSR count). The van der Waals surface area contributed by atoms with Gasteiger partial charge < -0.3 is 9.80 Å². The minimum Gasteiger partial charge on any atom is -0.310 e. The minimum absolute atomic E-state index is 1.13. The van der Waals surface area contributed by atoms with Gasteiger partial charge in [-0.15, -0.1) is 0 Å². The first-order valence-corrected chi connectivity index (χ1v) is 18.2. The van der Waals surface area contributed by atoms with Gasteiger partial charge in [-0.2, -0.15) is 0 Å². The largest absolute Gasteiger partial charge is 0.310 e. The molecule has 0 N–H and O–H groups in total. The second-order valence-corrected chi connectivity index (χ2v) is 14.1. The van der Waals surface area contributed by atoms with Gasteiger partial charge in [-0.1, -0.05) is 133 Å². The van der Waals surface area contributed by atoms with Crippen LogP contribution >= 0.6 is 11.8 Å². The number of para-hydroxylation sites is 2. The summed E-state index contributed by atoms with van der Waals surface area (Å²) in [5.74, 6) is 0. The number of benzene rings is 9. The molecular weight excluding hydrogens is 637 g/mol. The van der Waals surface area contributed by atoms with Gasteiger partial charge in [0.2, 0.25) is 0 Å². The monoisotopic (exact) mass is 668 g/mol. The average molecular weight is 669 g/mol. The molecule has 0 amide bonds. The Morgan fingerprint density at radius 3 is 1.51 bits per heavy atom. The lowest BCUT2D eigenvalue weighted by Gasteiger charge is -2.30. The van der Waals surface area contributed by atoms with Gasteiger partial charge in [0.1, 0.15) is 0 Å². The molecule has 0 aliphatic carbocycles. The van der Waals surface area contributed by atoms with Gasteiger partial charge in [-0.25, -0.2) is 0 Å². The van der Waals surface area contributed by atoms with Crippen molar-refractivity contribution < 1.29 is 0 Å². The Labute approximate surface area is 301 Å². The maximum Gasteiger partial charge on any atom is 0.0540 e. The molecule has 51 heavy (non-hydrogen) atoms. The summed E-state index contributed by atoms with van der Waals surface area (Å²) in [6, 6.07) is 70.4. The number of rotatable bonds is 6. The van der Waals surface area contributed by atoms with Crippen molar-refractivity contribution in [1.29, 1.82) is 0 Å². The molecule has 0 unspecified atom stereocenters. The maximum atomic E-state index is 2.40. The lowest BCUT2D eigenvalue weighted by molar-refractivity contribution is 1.26. The summed E-state index contributed by atoms with van der Waals surface area (Å²) >= 11 is 1.87. The molecule has 0 spiro atoms. The van der Waals surface area contributed by atoms with E-state index in [2.05, 4.69) is 204 Å². The number of anilines is 6. The van der Waals surface area contributed by atoms with Crippen molar-refractivity contribution >= 4 is 78.2 Å². The lowest BCUT2D eigenvalue weighted by Crippen LogP contribution is -2.11. The van der Waals surface area contributed by atoms with E-state index in [1.54, 1.807) is 0 Å². The fraction of sp³-hybridized carbons (Fsp3) is 0. The van der Waals surface area contributed by atoms with E-state index in [0.29, 0.717) is 0 Å². The molecule has 3 heteroatoms. The van der Waals surface area contributed by atoms with E-state index >= 15 is 0 Å². The van der Waals surface area contributed by atoms with Gasteiger partial charge in [-0.3, -0.25) is 0 Å². The van der Waals surface area contributed by atoms with Crippen LogP contribution in [0, 0.1) is 0 Å². The maximum absolute atomic E-state index is 2.40. The minimum atomic E-state index is 1.13. The molecule has 1 aliphatic rings. The molecule has 0 radical (unpaired) electrons. The van der Waals surface area contributed by atoms with Gasteiger partial charge in [0.15, 0.2) is 0 Å². The van der Waals surface area contributed by atoms with Crippen molar-refractivity contribution in [2.24, 2.45) is 0 Å². The number of hydrogen-bond acceptors (Lipinski definition) is 3. The van der Waals surface area contributed by atoms with Gasteiger partial charge >= 0.3 is 0 Å². The topological polar surface area (TPSA) is 6.48 Å². The lowest BCUT2D eigenvalue weighted by atomic mass is 9.95. The third-order valence-electron chi connectivity index (χ3n) is 9.97. The molecule has 0 bridgehead atoms. The third-order valence-corrected chi connectivity index (χ3v) is 11.1. The fourth-order valence-corrected chi connectivity index (χ4v) is 8.77. The zero-order valence-electron chi connectivity index (χ0n) is 27.8. The van der Waals surface area contributed by atoms with Crippen LogP contribution in [0.1, 0.15) is 0 Å². The fourth-order valence-electron chi connectivity index (χ4n) is 7.60. The van der Waals surface area contributed by atoms with Crippen LogP contribution in [0.5, 0.6) is 0 Å². The summed E-state index contributed by atoms with van der Waals surface area (Å²) in [5, 5.41) is 7.48. The van der Waals surface area contributed by atoms with Gasteiger partial charge in [0.05, 0.1) is 5.69 Å². The number of fused-ring (bicyclic) bond motifs is 4. The molecule has 0 fully saturated rings. The van der Waals surface area contributed by atoms with Crippen LogP contribution in [0.2, 0.25) is 0 Å². The molecule has 9 aromatic carbocycles. The van der Waals surface area contributed by atoms with E-state index in [-0.39, 0.29) is 0 Å². The van der Waals surface area contributed by atoms with E-state index in [0.717, 1.165) is 28.4 Å². The Kier molecular flexibility index (Phi) is 7.11. The Balaban J connectivity index is 1.12. The van der Waals surface area contributed by atoms with Crippen molar-refractivity contribution in [3.05, 3.63) is 194 Å². The molecule has 0 aromatic heterocycles. The first-order valence-electron chi connectivity index (χ1n) is 17.3. The van der Waals surface area contributed by atoms with Gasteiger partial charge in [0.25, 0.3) is 0 Å². The van der Waals surface area contributed by atoms with Crippen LogP contribution in [0.3, 0.4) is 0 Å². The van der Waals surface area contributed by atoms with E-state index in [1.165, 1.54) is 58.9 Å². The van der Waals surface area contributed by atoms with Crippen LogP contribution < -0.4 is 9.80 Å². The standard InChI is InChI=1S/C48H32N2S/c1-3-16-37(17-4-1)49(39-24-22-33-12-7-9-14-35(33)30-39)41-26-27-42-43-28-29-45(44-20-11-21-46(48(43)44)51-47(42)32-41)50(38-18-5-2-6-19-38)40-25-23-34-13-8-10-15-36(34)31-40/h1-32H. The van der Waals surface area contributed by atoms with Crippen molar-refractivity contribution in [1.82, 2.24) is 0 Å². The van der Waals surface area contributed by atoms with E-state index < -0.39 is 0 Å². The summed E-state index contributed by atoms with van der Waals surface area (Å²) in [6.07, 6.45) is 0. The molecule has 240 valence electrons. The summed E-state index contributed by atoms with van der Waals surface area (Å²) in [7, 11) is 0. The SMILES string of the molecule is c1ccc(N(c2ccc3c(c2)Sc2cccc4c(N(c5ccccc5)c5ccc6ccccc6c5)ccc-3c24)c2ccc3ccccc3c2)cc1. The zero-order chi connectivity index (χ0) is 33.7. The average Bonchev–Trinajstić information content (AvgIpc) is 3.19. The normalized spacial score (nSPS) is 11.8. The molecule has 2 nitrogen and oxygen atoms in total. The second kappa shape index (κ2) is 12.2. The first-order chi connectivity index (χ1) is 25.3. The third kappa shape index (κ3) is 5.13. The van der Waals surface area contributed by atoms with Crippen molar-refractivity contribution in [3.63, 3.8) is 0 Å². The number of nitrogens with zero attached hydrogens (tertiary/aromatic N) is 2. The highest BCUT2D eigenvalue weighted by Crippen LogP contribution is 2.52. The van der Waals surface area contributed by atoms with E-state index in [1.807, 2.05) is 11.8 Å². The smallest absolute Gasteiger partial charge is 0.0540 e. The predicted octanol–water partition coefficient (Wildman–Crippen LogP) is 14.2. The van der Waals surface area contributed by atoms with Crippen LogP contribution in [-0.2, 0) is 0 Å². The molecule has 0 atom stereocenters. The second-order valence-electron chi connectivity index (χ2n) is 13.0. The molecule has 1 heterocycles. The first kappa shape index (κ1) is 29.6. The Morgan fingerprint density at radius 2 is 0.843 bits per heavy atom. The molecule has 9 aromatic rings. The van der Waals surface area contributed by atoms with E-state index in [4.69, 9.17) is 0 Å². The molecule has 0 saturated heterocycles. The van der Waals surface area contributed by atoms with Crippen molar-refractivity contribution in [2.75, 3.05) is 9.80 Å². The predicted molar refractivity (Wildman–Crippen MR) is 218 cm³/mol. The highest BCUT2D eigenvalue weighted by molar-refractivity contribution is 7.99. The highest BCUT2D eigenvalue weighted by Gasteiger charge is 2.25. The summed E-state index contributed by atoms with van der Waals surface area (Å²) < 4.78 is 0.